The minimum Gasteiger partial charge on any atom is -0.507 e. The number of carbonyl (C=O) groups is 1. The fraction of sp³-hybridized carbons (Fsp3) is 0.348. The van der Waals surface area contributed by atoms with Gasteiger partial charge in [0, 0.05) is 29.0 Å². The number of nitrogens with zero attached hydrogens (tertiary/aromatic N) is 3. The summed E-state index contributed by atoms with van der Waals surface area (Å²) in [6.07, 6.45) is 0.485. The second-order valence-electron chi connectivity index (χ2n) is 8.63. The Morgan fingerprint density at radius 3 is 2.77 bits per heavy atom. The van der Waals surface area contributed by atoms with Crippen LogP contribution >= 0.6 is 15.9 Å². The number of carbonyl (C=O) groups excluding carboxylic acids is 1. The summed E-state index contributed by atoms with van der Waals surface area (Å²) in [6.45, 7) is 6.74. The highest BCUT2D eigenvalue weighted by molar-refractivity contribution is 9.10. The van der Waals surface area contributed by atoms with Crippen molar-refractivity contribution < 1.29 is 14.6 Å². The van der Waals surface area contributed by atoms with Crippen molar-refractivity contribution in [3.05, 3.63) is 46.9 Å². The first-order valence-electron chi connectivity index (χ1n) is 10.2. The smallest absolute Gasteiger partial charge is 0.410 e. The number of ether oxygens (including phenoxy) is 1. The number of hydrogen-bond acceptors (Lipinski definition) is 6. The molecule has 1 saturated heterocycles. The molecule has 0 radical (unpaired) electrons. The maximum Gasteiger partial charge on any atom is 0.410 e. The topological polar surface area (TPSA) is 87.6 Å². The van der Waals surface area contributed by atoms with E-state index in [-0.39, 0.29) is 17.9 Å². The fourth-order valence-corrected chi connectivity index (χ4v) is 3.92. The van der Waals surface area contributed by atoms with Gasteiger partial charge in [-0.15, -0.1) is 0 Å². The number of phenols is 1. The number of likely N-dealkylation sites (tertiary alicyclic amines) is 1. The number of benzene rings is 2. The molecule has 162 valence electrons. The number of amides is 1. The first-order valence-corrected chi connectivity index (χ1v) is 11.0. The van der Waals surface area contributed by atoms with Crippen molar-refractivity contribution in [2.24, 2.45) is 0 Å². The van der Waals surface area contributed by atoms with Crippen molar-refractivity contribution in [3.63, 3.8) is 0 Å². The summed E-state index contributed by atoms with van der Waals surface area (Å²) in [7, 11) is 0. The lowest BCUT2D eigenvalue weighted by Crippen LogP contribution is -2.36. The Morgan fingerprint density at radius 2 is 2.00 bits per heavy atom. The van der Waals surface area contributed by atoms with Gasteiger partial charge in [-0.05, 0) is 57.5 Å². The molecule has 1 atom stereocenters. The van der Waals surface area contributed by atoms with Crippen molar-refractivity contribution in [3.8, 4) is 17.1 Å². The van der Waals surface area contributed by atoms with Crippen LogP contribution in [-0.2, 0) is 4.74 Å². The van der Waals surface area contributed by atoms with Gasteiger partial charge < -0.3 is 20.1 Å². The minimum absolute atomic E-state index is 0.0368. The van der Waals surface area contributed by atoms with Crippen LogP contribution in [-0.4, -0.2) is 50.8 Å². The Bertz CT molecular complexity index is 1130. The van der Waals surface area contributed by atoms with Gasteiger partial charge in [-0.1, -0.05) is 28.1 Å². The van der Waals surface area contributed by atoms with Crippen LogP contribution in [0.25, 0.3) is 22.3 Å². The number of aromatic nitrogens is 2. The van der Waals surface area contributed by atoms with Gasteiger partial charge in [-0.2, -0.15) is 0 Å². The van der Waals surface area contributed by atoms with E-state index in [2.05, 4.69) is 26.2 Å². The predicted molar refractivity (Wildman–Crippen MR) is 124 cm³/mol. The first kappa shape index (κ1) is 21.4. The van der Waals surface area contributed by atoms with Crippen molar-refractivity contribution in [2.45, 2.75) is 38.8 Å². The number of fused-ring (bicyclic) bond motifs is 1. The molecule has 1 aliphatic heterocycles. The molecule has 7 nitrogen and oxygen atoms in total. The zero-order valence-corrected chi connectivity index (χ0v) is 19.3. The molecule has 1 aromatic heterocycles. The lowest BCUT2D eigenvalue weighted by Gasteiger charge is -2.24. The van der Waals surface area contributed by atoms with Gasteiger partial charge in [0.25, 0.3) is 0 Å². The van der Waals surface area contributed by atoms with Crippen LogP contribution in [0, 0.1) is 0 Å². The zero-order valence-electron chi connectivity index (χ0n) is 17.7. The van der Waals surface area contributed by atoms with E-state index >= 15 is 0 Å². The minimum atomic E-state index is -0.522. The van der Waals surface area contributed by atoms with E-state index in [1.165, 1.54) is 0 Å². The van der Waals surface area contributed by atoms with Crippen LogP contribution in [0.2, 0.25) is 0 Å². The number of aromatic hydroxyl groups is 1. The molecule has 4 rings (SSSR count). The predicted octanol–water partition coefficient (Wildman–Crippen LogP) is 5.19. The molecule has 0 aliphatic carbocycles. The van der Waals surface area contributed by atoms with Crippen molar-refractivity contribution in [2.75, 3.05) is 18.4 Å². The highest BCUT2D eigenvalue weighted by atomic mass is 79.9. The zero-order chi connectivity index (χ0) is 22.2. The SMILES string of the molecule is CC(C)(C)OC(=O)N1CCC(Nc2nc(-c3cc(Br)ccc3O)nc3ccccc23)C1. The van der Waals surface area contributed by atoms with E-state index in [9.17, 15) is 9.90 Å². The molecule has 2 heterocycles. The molecule has 0 bridgehead atoms. The monoisotopic (exact) mass is 484 g/mol. The molecule has 0 saturated carbocycles. The average molecular weight is 485 g/mol. The van der Waals surface area contributed by atoms with Crippen LogP contribution in [0.5, 0.6) is 5.75 Å². The summed E-state index contributed by atoms with van der Waals surface area (Å²) in [5, 5.41) is 14.7. The van der Waals surface area contributed by atoms with Crippen LogP contribution in [0.1, 0.15) is 27.2 Å². The largest absolute Gasteiger partial charge is 0.507 e. The van der Waals surface area contributed by atoms with Crippen LogP contribution in [0.4, 0.5) is 10.6 Å². The van der Waals surface area contributed by atoms with E-state index < -0.39 is 5.60 Å². The van der Waals surface area contributed by atoms with Gasteiger partial charge in [0.2, 0.25) is 0 Å². The van der Waals surface area contributed by atoms with Gasteiger partial charge in [0.15, 0.2) is 5.82 Å². The van der Waals surface area contributed by atoms with Crippen molar-refractivity contribution >= 4 is 38.7 Å². The molecule has 2 aromatic carbocycles. The van der Waals surface area contributed by atoms with Gasteiger partial charge in [0.05, 0.1) is 11.1 Å². The Hall–Kier alpha value is -2.87. The van der Waals surface area contributed by atoms with E-state index in [1.807, 2.05) is 45.0 Å². The lowest BCUT2D eigenvalue weighted by molar-refractivity contribution is 0.0293. The van der Waals surface area contributed by atoms with Crippen LogP contribution < -0.4 is 5.32 Å². The lowest BCUT2D eigenvalue weighted by atomic mass is 10.1. The Morgan fingerprint density at radius 1 is 1.23 bits per heavy atom. The van der Waals surface area contributed by atoms with E-state index in [4.69, 9.17) is 9.72 Å². The number of nitrogens with one attached hydrogen (secondary N) is 1. The molecule has 1 unspecified atom stereocenters. The quantitative estimate of drug-likeness (QED) is 0.531. The summed E-state index contributed by atoms with van der Waals surface area (Å²) >= 11 is 3.44. The fourth-order valence-electron chi connectivity index (χ4n) is 3.56. The molecule has 1 aliphatic rings. The second-order valence-corrected chi connectivity index (χ2v) is 9.55. The van der Waals surface area contributed by atoms with Crippen LogP contribution in [0.15, 0.2) is 46.9 Å². The number of hydrogen-bond donors (Lipinski definition) is 2. The molecule has 8 heteroatoms. The number of halogens is 1. The number of anilines is 1. The Kier molecular flexibility index (Phi) is 5.75. The van der Waals surface area contributed by atoms with E-state index in [0.717, 1.165) is 21.8 Å². The van der Waals surface area contributed by atoms with Crippen LogP contribution in [0.3, 0.4) is 0 Å². The molecule has 3 aromatic rings. The Labute approximate surface area is 189 Å². The Balaban J connectivity index is 1.62. The first-order chi connectivity index (χ1) is 14.7. The molecule has 1 amide bonds. The number of rotatable bonds is 3. The normalized spacial score (nSPS) is 16.5. The highest BCUT2D eigenvalue weighted by Gasteiger charge is 2.30. The van der Waals surface area contributed by atoms with Gasteiger partial charge >= 0.3 is 6.09 Å². The third-order valence-corrected chi connectivity index (χ3v) is 5.48. The van der Waals surface area contributed by atoms with Gasteiger partial charge in [0.1, 0.15) is 17.2 Å². The van der Waals surface area contributed by atoms with E-state index in [1.54, 1.807) is 23.1 Å². The average Bonchev–Trinajstić information content (AvgIpc) is 3.17. The molecule has 31 heavy (non-hydrogen) atoms. The van der Waals surface area contributed by atoms with E-state index in [0.29, 0.717) is 30.3 Å². The molecule has 1 fully saturated rings. The van der Waals surface area contributed by atoms with Crippen molar-refractivity contribution in [1.29, 1.82) is 0 Å². The summed E-state index contributed by atoms with van der Waals surface area (Å²) in [5.74, 6) is 1.22. The number of para-hydroxylation sites is 1. The third kappa shape index (κ3) is 4.90. The summed E-state index contributed by atoms with van der Waals surface area (Å²) in [4.78, 5) is 23.5. The maximum atomic E-state index is 12.4. The second kappa shape index (κ2) is 8.34. The molecular formula is C23H25BrN4O3. The summed E-state index contributed by atoms with van der Waals surface area (Å²) < 4.78 is 6.32. The molecular weight excluding hydrogens is 460 g/mol. The highest BCUT2D eigenvalue weighted by Crippen LogP contribution is 2.33. The third-order valence-electron chi connectivity index (χ3n) is 4.98. The summed E-state index contributed by atoms with van der Waals surface area (Å²) in [6, 6.07) is 12.9. The maximum absolute atomic E-state index is 12.4. The molecule has 0 spiro atoms. The van der Waals surface area contributed by atoms with Gasteiger partial charge in [-0.25, -0.2) is 14.8 Å². The number of phenolic OH excluding ortho intramolecular Hbond substituents is 1. The molecule has 2 N–H and O–H groups in total. The van der Waals surface area contributed by atoms with Gasteiger partial charge in [-0.3, -0.25) is 0 Å². The standard InChI is InChI=1S/C23H25BrN4O3/c1-23(2,3)31-22(30)28-11-10-15(13-28)25-20-16-6-4-5-7-18(16)26-21(27-20)17-12-14(24)8-9-19(17)29/h4-9,12,15,29H,10-11,13H2,1-3H3,(H,25,26,27). The summed E-state index contributed by atoms with van der Waals surface area (Å²) in [5.41, 5.74) is 0.799. The van der Waals surface area contributed by atoms with Crippen molar-refractivity contribution in [1.82, 2.24) is 14.9 Å².